The first-order chi connectivity index (χ1) is 13.7. The van der Waals surface area contributed by atoms with E-state index in [4.69, 9.17) is 0 Å². The average molecular weight is 611 g/mol. The van der Waals surface area contributed by atoms with E-state index in [-0.39, 0.29) is 0 Å². The van der Waals surface area contributed by atoms with Gasteiger partial charge in [0.1, 0.15) is 0 Å². The van der Waals surface area contributed by atoms with Gasteiger partial charge >= 0.3 is 187 Å². The standard InChI is InChI=1S/C16H24N2Si2.C8H5.Bi/c1-19(2,3)17-14-11-7-9-13-10-8-12-15(16(13)14)18-20(4,5)6;1-2-8-6-4-3-5-7-8;/h7-12H,1-6H3;3-7H;/q-2;;+2. The van der Waals surface area contributed by atoms with Gasteiger partial charge in [-0.1, -0.05) is 0 Å². The molecule has 3 aromatic carbocycles. The molecule has 4 rings (SSSR count). The summed E-state index contributed by atoms with van der Waals surface area (Å²) in [6, 6.07) is 24.2. The molecule has 0 fully saturated rings. The fraction of sp³-hybridized carbons (Fsp3) is 0.250. The van der Waals surface area contributed by atoms with E-state index >= 15 is 0 Å². The second-order valence-electron chi connectivity index (χ2n) is 9.51. The molecule has 3 aromatic rings. The van der Waals surface area contributed by atoms with Gasteiger partial charge in [0.25, 0.3) is 0 Å². The van der Waals surface area contributed by atoms with Crippen molar-refractivity contribution in [2.45, 2.75) is 39.3 Å². The van der Waals surface area contributed by atoms with E-state index in [2.05, 4.69) is 121 Å². The van der Waals surface area contributed by atoms with Crippen molar-refractivity contribution in [2.75, 3.05) is 5.02 Å². The van der Waals surface area contributed by atoms with Gasteiger partial charge in [-0.15, -0.1) is 0 Å². The van der Waals surface area contributed by atoms with E-state index in [1.54, 1.807) is 0 Å². The van der Waals surface area contributed by atoms with Crippen molar-refractivity contribution in [1.29, 1.82) is 0 Å². The molecule has 1 aliphatic rings. The van der Waals surface area contributed by atoms with Crippen LogP contribution in [0.1, 0.15) is 5.56 Å². The Balaban J connectivity index is 2.01. The van der Waals surface area contributed by atoms with Crippen molar-refractivity contribution >= 4 is 60.9 Å². The van der Waals surface area contributed by atoms with Gasteiger partial charge in [-0.3, -0.25) is 0 Å². The topological polar surface area (TPSA) is 6.48 Å². The van der Waals surface area contributed by atoms with Gasteiger partial charge in [0.05, 0.1) is 0 Å². The molecule has 0 saturated carbocycles. The minimum absolute atomic E-state index is 1.13. The zero-order chi connectivity index (χ0) is 20.8. The van der Waals surface area contributed by atoms with E-state index in [0.717, 1.165) is 5.56 Å². The summed E-state index contributed by atoms with van der Waals surface area (Å²) in [5, 5.41) is 2.79. The van der Waals surface area contributed by atoms with Crippen LogP contribution < -0.4 is 5.02 Å². The summed E-state index contributed by atoms with van der Waals surface area (Å²) >= 11 is -2.59. The second-order valence-corrected chi connectivity index (χ2v) is 28.4. The molecule has 5 heteroatoms. The molecule has 148 valence electrons. The second kappa shape index (κ2) is 7.58. The monoisotopic (exact) mass is 610 g/mol. The Morgan fingerprint density at radius 2 is 1.17 bits per heavy atom. The zero-order valence-electron chi connectivity index (χ0n) is 18.2. The summed E-state index contributed by atoms with van der Waals surface area (Å²) in [7, 11) is -3.24. The van der Waals surface area contributed by atoms with Crippen LogP contribution in [-0.2, 0) is 0 Å². The number of benzene rings is 3. The third-order valence-electron chi connectivity index (χ3n) is 5.04. The van der Waals surface area contributed by atoms with Crippen LogP contribution in [-0.4, -0.2) is 38.8 Å². The van der Waals surface area contributed by atoms with Crippen LogP contribution in [0.4, 0.5) is 11.4 Å². The Morgan fingerprint density at radius 1 is 0.655 bits per heavy atom. The Bertz CT molecular complexity index is 1050. The van der Waals surface area contributed by atoms with E-state index in [9.17, 15) is 0 Å². The van der Waals surface area contributed by atoms with Gasteiger partial charge in [0, 0.05) is 0 Å². The van der Waals surface area contributed by atoms with Crippen LogP contribution in [0.5, 0.6) is 0 Å². The zero-order valence-corrected chi connectivity index (χ0v) is 23.7. The molecule has 1 aliphatic heterocycles. The minimum atomic E-state index is -2.59. The quantitative estimate of drug-likeness (QED) is 0.252. The average Bonchev–Trinajstić information content (AvgIpc) is 2.65. The van der Waals surface area contributed by atoms with Crippen molar-refractivity contribution in [3.8, 4) is 9.55 Å². The Kier molecular flexibility index (Phi) is 5.40. The number of rotatable bonds is 2. The predicted octanol–water partition coefficient (Wildman–Crippen LogP) is 6.22. The number of anilines is 2. The first-order valence-corrected chi connectivity index (χ1v) is 21.9. The molecule has 1 heterocycles. The molecular weight excluding hydrogens is 581 g/mol. The number of nitrogens with zero attached hydrogens (tertiary/aromatic N) is 2. The molecule has 29 heavy (non-hydrogen) atoms. The van der Waals surface area contributed by atoms with Crippen molar-refractivity contribution in [3.63, 3.8) is 0 Å². The van der Waals surface area contributed by atoms with Gasteiger partial charge in [-0.2, -0.15) is 0 Å². The van der Waals surface area contributed by atoms with Crippen LogP contribution >= 0.6 is 0 Å². The Labute approximate surface area is 186 Å². The summed E-state index contributed by atoms with van der Waals surface area (Å²) < 4.78 is 9.64. The van der Waals surface area contributed by atoms with Crippen molar-refractivity contribution in [3.05, 3.63) is 72.3 Å². The normalized spacial score (nSPS) is 14.7. The van der Waals surface area contributed by atoms with Crippen LogP contribution in [0, 0.1) is 9.55 Å². The SMILES string of the molecule is C[Si](C)(C)[N]1c2cccc3cccc(c23)[N]([Si](C)(C)C)[Bi]1[C]#Cc1ccccc1. The van der Waals surface area contributed by atoms with E-state index in [0.29, 0.717) is 0 Å². The molecule has 0 bridgehead atoms. The maximum atomic E-state index is 3.91. The molecule has 0 saturated heterocycles. The van der Waals surface area contributed by atoms with Crippen LogP contribution in [0.2, 0.25) is 39.3 Å². The molecule has 0 amide bonds. The fourth-order valence-corrected chi connectivity index (χ4v) is 28.7. The summed E-state index contributed by atoms with van der Waals surface area (Å²) in [5.41, 5.74) is 4.00. The molecule has 0 spiro atoms. The van der Waals surface area contributed by atoms with E-state index in [1.807, 2.05) is 0 Å². The van der Waals surface area contributed by atoms with Gasteiger partial charge in [0.15, 0.2) is 0 Å². The first kappa shape index (κ1) is 20.7. The van der Waals surface area contributed by atoms with Crippen molar-refractivity contribution < 1.29 is 0 Å². The molecular formula is C24H29BiN2Si2. The first-order valence-electron chi connectivity index (χ1n) is 10.2. The number of hydrogen-bond donors (Lipinski definition) is 0. The summed E-state index contributed by atoms with van der Waals surface area (Å²) in [4.78, 5) is 0. The molecule has 0 aromatic heterocycles. The summed E-state index contributed by atoms with van der Waals surface area (Å²) in [6.45, 7) is 14.9. The van der Waals surface area contributed by atoms with E-state index < -0.39 is 38.8 Å². The van der Waals surface area contributed by atoms with Crippen LogP contribution in [0.15, 0.2) is 66.7 Å². The molecule has 0 unspecified atom stereocenters. The molecule has 0 atom stereocenters. The van der Waals surface area contributed by atoms with Gasteiger partial charge in [-0.05, 0) is 0 Å². The summed E-state index contributed by atoms with van der Waals surface area (Å²) in [6.07, 6.45) is 0. The Morgan fingerprint density at radius 3 is 1.66 bits per heavy atom. The van der Waals surface area contributed by atoms with Gasteiger partial charge in [0.2, 0.25) is 0 Å². The van der Waals surface area contributed by atoms with Gasteiger partial charge < -0.3 is 0 Å². The fourth-order valence-electron chi connectivity index (χ4n) is 3.98. The predicted molar refractivity (Wildman–Crippen MR) is 135 cm³/mol. The van der Waals surface area contributed by atoms with Crippen molar-refractivity contribution in [2.24, 2.45) is 0 Å². The van der Waals surface area contributed by atoms with Crippen LogP contribution in [0.3, 0.4) is 0 Å². The summed E-state index contributed by atoms with van der Waals surface area (Å²) in [5.74, 6) is 3.58. The molecule has 0 N–H and O–H groups in total. The third kappa shape index (κ3) is 3.91. The molecule has 0 aliphatic carbocycles. The van der Waals surface area contributed by atoms with E-state index in [1.165, 1.54) is 22.1 Å². The molecule has 0 radical (unpaired) electrons. The Hall–Kier alpha value is -1.60. The molecule has 2 nitrogen and oxygen atoms in total. The third-order valence-corrected chi connectivity index (χ3v) is 31.2. The van der Waals surface area contributed by atoms with Crippen molar-refractivity contribution in [1.82, 2.24) is 0 Å². The number of hydrogen-bond acceptors (Lipinski definition) is 2. The van der Waals surface area contributed by atoms with Gasteiger partial charge in [-0.25, -0.2) is 0 Å². The van der Waals surface area contributed by atoms with Crippen LogP contribution in [0.25, 0.3) is 10.8 Å². The maximum absolute atomic E-state index is 3.91.